The van der Waals surface area contributed by atoms with Gasteiger partial charge in [0.15, 0.2) is 0 Å². The number of carbonyl (C=O) groups is 2. The largest absolute Gasteiger partial charge is 0.387 e. The van der Waals surface area contributed by atoms with Crippen LogP contribution in [0.25, 0.3) is 0 Å². The molecule has 2 unspecified atom stereocenters. The molecule has 0 bridgehead atoms. The van der Waals surface area contributed by atoms with E-state index in [4.69, 9.17) is 5.73 Å². The van der Waals surface area contributed by atoms with Gasteiger partial charge in [-0.3, -0.25) is 9.59 Å². The van der Waals surface area contributed by atoms with E-state index < -0.39 is 16.9 Å². The van der Waals surface area contributed by atoms with Crippen molar-refractivity contribution < 1.29 is 14.7 Å². The predicted octanol–water partition coefficient (Wildman–Crippen LogP) is 1.91. The quantitative estimate of drug-likeness (QED) is 0.522. The second-order valence-electron chi connectivity index (χ2n) is 8.54. The number of likely N-dealkylation sites (N-methyl/N-ethyl adjacent to an activating group) is 1. The number of likely N-dealkylation sites (tertiary alicyclic amines) is 1. The van der Waals surface area contributed by atoms with E-state index in [2.05, 4.69) is 29.3 Å². The number of primary amides is 1. The van der Waals surface area contributed by atoms with Crippen molar-refractivity contribution in [2.24, 2.45) is 5.73 Å². The van der Waals surface area contributed by atoms with Crippen molar-refractivity contribution in [3.63, 3.8) is 0 Å². The van der Waals surface area contributed by atoms with Crippen LogP contribution in [0.3, 0.4) is 0 Å². The van der Waals surface area contributed by atoms with E-state index in [0.29, 0.717) is 24.8 Å². The fourth-order valence-electron chi connectivity index (χ4n) is 5.17. The zero-order valence-corrected chi connectivity index (χ0v) is 17.7. The van der Waals surface area contributed by atoms with Crippen molar-refractivity contribution in [1.29, 1.82) is 0 Å². The number of amides is 2. The Hall–Kier alpha value is -2.44. The lowest BCUT2D eigenvalue weighted by molar-refractivity contribution is -0.132. The minimum Gasteiger partial charge on any atom is -0.387 e. The van der Waals surface area contributed by atoms with Crippen molar-refractivity contribution in [2.75, 3.05) is 13.6 Å². The van der Waals surface area contributed by atoms with Gasteiger partial charge in [-0.1, -0.05) is 24.3 Å². The molecule has 1 aromatic rings. The number of nitrogens with zero attached hydrogens (tertiary/aromatic N) is 1. The molecule has 2 amide bonds. The first-order valence-corrected chi connectivity index (χ1v) is 10.1. The summed E-state index contributed by atoms with van der Waals surface area (Å²) in [4.78, 5) is 25.2. The number of piperidine rings is 1. The van der Waals surface area contributed by atoms with Crippen LogP contribution in [0.5, 0.6) is 0 Å². The molecule has 1 aromatic carbocycles. The molecular weight excluding hydrogens is 366 g/mol. The lowest BCUT2D eigenvalue weighted by atomic mass is 9.53. The fraction of sp³-hybridized carbons (Fsp3) is 0.478. The normalized spacial score (nSPS) is 30.7. The minimum atomic E-state index is -1.07. The highest BCUT2D eigenvalue weighted by atomic mass is 16.3. The van der Waals surface area contributed by atoms with E-state index in [9.17, 15) is 14.7 Å². The number of benzene rings is 1. The van der Waals surface area contributed by atoms with Crippen LogP contribution in [-0.4, -0.2) is 47.6 Å². The highest BCUT2D eigenvalue weighted by Crippen LogP contribution is 2.55. The van der Waals surface area contributed by atoms with Gasteiger partial charge in [-0.2, -0.15) is 0 Å². The number of allylic oxidation sites excluding steroid dienone is 2. The number of fused-ring (bicyclic) bond motifs is 1. The Morgan fingerprint density at radius 3 is 2.66 bits per heavy atom. The van der Waals surface area contributed by atoms with E-state index in [0.717, 1.165) is 35.4 Å². The molecule has 6 nitrogen and oxygen atoms in total. The highest BCUT2D eigenvalue weighted by molar-refractivity contribution is 5.91. The van der Waals surface area contributed by atoms with E-state index in [1.807, 2.05) is 26.1 Å². The van der Waals surface area contributed by atoms with Crippen LogP contribution >= 0.6 is 0 Å². The summed E-state index contributed by atoms with van der Waals surface area (Å²) in [7, 11) is 2.03. The van der Waals surface area contributed by atoms with Crippen LogP contribution < -0.4 is 11.1 Å². The van der Waals surface area contributed by atoms with E-state index in [1.54, 1.807) is 13.0 Å². The van der Waals surface area contributed by atoms with Gasteiger partial charge in [0, 0.05) is 35.6 Å². The molecule has 0 spiro atoms. The molecule has 4 N–H and O–H groups in total. The van der Waals surface area contributed by atoms with Gasteiger partial charge >= 0.3 is 0 Å². The van der Waals surface area contributed by atoms with Gasteiger partial charge in [-0.15, -0.1) is 0 Å². The number of hydrogen-bond acceptors (Lipinski definition) is 4. The number of aryl methyl sites for hydroxylation is 1. The summed E-state index contributed by atoms with van der Waals surface area (Å²) in [5.74, 6) is -0.514. The highest BCUT2D eigenvalue weighted by Gasteiger charge is 2.60. The van der Waals surface area contributed by atoms with Gasteiger partial charge in [0.05, 0.1) is 5.60 Å². The molecule has 0 saturated carbocycles. The van der Waals surface area contributed by atoms with Gasteiger partial charge in [0.25, 0.3) is 0 Å². The number of hydrogen-bond donors (Lipinski definition) is 3. The fourth-order valence-corrected chi connectivity index (χ4v) is 5.17. The van der Waals surface area contributed by atoms with Crippen LogP contribution in [0.15, 0.2) is 47.2 Å². The Morgan fingerprint density at radius 1 is 1.34 bits per heavy atom. The Balaban J connectivity index is 2.25. The topological polar surface area (TPSA) is 95.7 Å². The third-order valence-corrected chi connectivity index (χ3v) is 7.07. The Labute approximate surface area is 172 Å². The molecule has 29 heavy (non-hydrogen) atoms. The maximum absolute atomic E-state index is 12.2. The molecule has 6 heteroatoms. The summed E-state index contributed by atoms with van der Waals surface area (Å²) in [5, 5.41) is 15.1. The van der Waals surface area contributed by atoms with Gasteiger partial charge in [-0.25, -0.2) is 0 Å². The summed E-state index contributed by atoms with van der Waals surface area (Å²) in [5.41, 5.74) is 7.96. The molecule has 0 radical (unpaired) electrons. The zero-order valence-electron chi connectivity index (χ0n) is 17.7. The van der Waals surface area contributed by atoms with Crippen LogP contribution in [0.1, 0.15) is 44.2 Å². The first kappa shape index (κ1) is 21.3. The standard InChI is InChI=1S/C23H31N3O3/c1-15-7-5-6-8-19(15)22-9-10-26(4)17(3)23(22,29)12-18(11-16(2)21(24)28)20(13-22)25-14-27/h5-8,11,14,17,29H,9-10,12-13H2,1-4H3,(H2,24,28)(H,25,27)/b16-11+/t17?,22-,23?/m0/s1. The van der Waals surface area contributed by atoms with Crippen molar-refractivity contribution in [3.8, 4) is 0 Å². The van der Waals surface area contributed by atoms with Gasteiger partial charge < -0.3 is 21.1 Å². The van der Waals surface area contributed by atoms with E-state index >= 15 is 0 Å². The molecule has 2 aliphatic rings. The van der Waals surface area contributed by atoms with Gasteiger partial charge in [0.1, 0.15) is 0 Å². The molecule has 1 heterocycles. The third-order valence-electron chi connectivity index (χ3n) is 7.07. The Morgan fingerprint density at radius 2 is 2.03 bits per heavy atom. The Bertz CT molecular complexity index is 891. The summed E-state index contributed by atoms with van der Waals surface area (Å²) >= 11 is 0. The van der Waals surface area contributed by atoms with Crippen molar-refractivity contribution >= 4 is 12.3 Å². The number of rotatable bonds is 5. The van der Waals surface area contributed by atoms with Crippen LogP contribution in [-0.2, 0) is 15.0 Å². The lowest BCUT2D eigenvalue weighted by Gasteiger charge is -2.60. The maximum Gasteiger partial charge on any atom is 0.244 e. The number of nitrogens with two attached hydrogens (primary N) is 1. The summed E-state index contributed by atoms with van der Waals surface area (Å²) in [6, 6.07) is 8.05. The molecule has 1 aliphatic heterocycles. The molecule has 1 fully saturated rings. The monoisotopic (exact) mass is 397 g/mol. The molecule has 156 valence electrons. The molecule has 3 atom stereocenters. The molecule has 0 aromatic heterocycles. The first-order chi connectivity index (χ1) is 13.7. The number of aliphatic hydroxyl groups is 1. The van der Waals surface area contributed by atoms with E-state index in [1.165, 1.54) is 0 Å². The molecule has 1 saturated heterocycles. The summed E-state index contributed by atoms with van der Waals surface area (Å²) < 4.78 is 0. The second kappa shape index (κ2) is 7.76. The first-order valence-electron chi connectivity index (χ1n) is 10.1. The number of carbonyl (C=O) groups excluding carboxylic acids is 2. The number of nitrogens with one attached hydrogen (secondary N) is 1. The van der Waals surface area contributed by atoms with Crippen LogP contribution in [0.4, 0.5) is 0 Å². The minimum absolute atomic E-state index is 0.106. The average Bonchev–Trinajstić information content (AvgIpc) is 2.67. The average molecular weight is 398 g/mol. The molecule has 3 rings (SSSR count). The van der Waals surface area contributed by atoms with Crippen LogP contribution in [0.2, 0.25) is 0 Å². The summed E-state index contributed by atoms with van der Waals surface area (Å²) in [6.07, 6.45) is 3.95. The second-order valence-corrected chi connectivity index (χ2v) is 8.54. The SMILES string of the molecule is C/C(=C\C1=C(NC=O)C[C@]2(c3ccccc3C)CCN(C)C(C)C2(O)C1)C(N)=O. The molecular formula is C23H31N3O3. The van der Waals surface area contributed by atoms with E-state index in [-0.39, 0.29) is 6.04 Å². The molecule has 1 aliphatic carbocycles. The van der Waals surface area contributed by atoms with Gasteiger partial charge in [0.2, 0.25) is 12.3 Å². The lowest BCUT2D eigenvalue weighted by Crippen LogP contribution is -2.68. The Kier molecular flexibility index (Phi) is 5.70. The van der Waals surface area contributed by atoms with Crippen molar-refractivity contribution in [2.45, 2.75) is 57.1 Å². The van der Waals surface area contributed by atoms with Gasteiger partial charge in [-0.05, 0) is 63.6 Å². The third kappa shape index (κ3) is 3.40. The zero-order chi connectivity index (χ0) is 21.4. The van der Waals surface area contributed by atoms with Crippen LogP contribution in [0, 0.1) is 6.92 Å². The van der Waals surface area contributed by atoms with Crippen molar-refractivity contribution in [1.82, 2.24) is 10.2 Å². The maximum atomic E-state index is 12.2. The predicted molar refractivity (Wildman–Crippen MR) is 113 cm³/mol. The summed E-state index contributed by atoms with van der Waals surface area (Å²) in [6.45, 7) is 6.61. The smallest absolute Gasteiger partial charge is 0.244 e. The van der Waals surface area contributed by atoms with Crippen molar-refractivity contribution in [3.05, 3.63) is 58.3 Å².